The van der Waals surface area contributed by atoms with Gasteiger partial charge in [-0.15, -0.1) is 0 Å². The Balaban J connectivity index is 2.60. The van der Waals surface area contributed by atoms with Crippen LogP contribution in [0.25, 0.3) is 0 Å². The first-order valence-corrected chi connectivity index (χ1v) is 6.26. The Hall–Kier alpha value is -1.12. The van der Waals surface area contributed by atoms with Crippen molar-refractivity contribution in [3.63, 3.8) is 0 Å². The molecule has 0 N–H and O–H groups in total. The number of nitrogens with zero attached hydrogens (tertiary/aromatic N) is 2. The molecule has 0 aliphatic heterocycles. The minimum absolute atomic E-state index is 0.289. The number of carbonyl (C=O) groups is 1. The van der Waals surface area contributed by atoms with E-state index in [4.69, 9.17) is 0 Å². The van der Waals surface area contributed by atoms with Crippen LogP contribution in [0, 0.1) is 0 Å². The molecular weight excluding hydrogens is 200 g/mol. The van der Waals surface area contributed by atoms with Crippen molar-refractivity contribution in [2.24, 2.45) is 0 Å². The first kappa shape index (κ1) is 12.9. The average molecular weight is 222 g/mol. The van der Waals surface area contributed by atoms with Gasteiger partial charge in [-0.05, 0) is 25.3 Å². The van der Waals surface area contributed by atoms with E-state index in [1.807, 2.05) is 23.9 Å². The highest BCUT2D eigenvalue weighted by Crippen LogP contribution is 2.14. The molecule has 0 atom stereocenters. The lowest BCUT2D eigenvalue weighted by Crippen LogP contribution is -2.09. The molecule has 1 aromatic rings. The number of hydrogen-bond donors (Lipinski definition) is 0. The van der Waals surface area contributed by atoms with Crippen LogP contribution in [0.5, 0.6) is 0 Å². The van der Waals surface area contributed by atoms with Crippen molar-refractivity contribution in [3.05, 3.63) is 18.0 Å². The average Bonchev–Trinajstić information content (AvgIpc) is 2.68. The quantitative estimate of drug-likeness (QED) is 0.710. The van der Waals surface area contributed by atoms with Crippen LogP contribution in [0.15, 0.2) is 12.3 Å². The molecule has 90 valence electrons. The molecule has 1 heterocycles. The molecule has 0 aromatic carbocycles. The molecule has 0 aliphatic carbocycles. The Kier molecular flexibility index (Phi) is 5.23. The van der Waals surface area contributed by atoms with E-state index in [2.05, 4.69) is 18.9 Å². The Morgan fingerprint density at radius 3 is 2.62 bits per heavy atom. The summed E-state index contributed by atoms with van der Waals surface area (Å²) in [4.78, 5) is 11.5. The first-order valence-electron chi connectivity index (χ1n) is 6.26. The van der Waals surface area contributed by atoms with E-state index < -0.39 is 0 Å². The molecule has 0 bridgehead atoms. The van der Waals surface area contributed by atoms with Crippen LogP contribution in [0.2, 0.25) is 0 Å². The smallest absolute Gasteiger partial charge is 0.138 e. The number of aromatic nitrogens is 2. The maximum atomic E-state index is 11.5. The summed E-state index contributed by atoms with van der Waals surface area (Å²) in [5.41, 5.74) is 0.908. The van der Waals surface area contributed by atoms with Crippen molar-refractivity contribution in [1.29, 1.82) is 0 Å². The van der Waals surface area contributed by atoms with E-state index in [-0.39, 0.29) is 5.78 Å². The van der Waals surface area contributed by atoms with Gasteiger partial charge in [-0.1, -0.05) is 20.8 Å². The van der Waals surface area contributed by atoms with Crippen molar-refractivity contribution in [2.45, 2.75) is 58.9 Å². The SMILES string of the molecule is CCCC(=O)Cc1ccn(C(CC)CC)n1. The van der Waals surface area contributed by atoms with Crippen molar-refractivity contribution < 1.29 is 4.79 Å². The molecule has 0 saturated carbocycles. The zero-order valence-electron chi connectivity index (χ0n) is 10.6. The highest BCUT2D eigenvalue weighted by Gasteiger charge is 2.09. The molecule has 0 saturated heterocycles. The second-order valence-electron chi connectivity index (χ2n) is 4.22. The van der Waals surface area contributed by atoms with Gasteiger partial charge in [-0.3, -0.25) is 9.48 Å². The summed E-state index contributed by atoms with van der Waals surface area (Å²) in [5.74, 6) is 0.289. The molecule has 16 heavy (non-hydrogen) atoms. The second-order valence-corrected chi connectivity index (χ2v) is 4.22. The molecule has 0 radical (unpaired) electrons. The van der Waals surface area contributed by atoms with Crippen molar-refractivity contribution >= 4 is 5.78 Å². The minimum Gasteiger partial charge on any atom is -0.299 e. The Bertz CT molecular complexity index is 326. The third-order valence-electron chi connectivity index (χ3n) is 2.89. The summed E-state index contributed by atoms with van der Waals surface area (Å²) < 4.78 is 1.99. The highest BCUT2D eigenvalue weighted by atomic mass is 16.1. The molecule has 1 aromatic heterocycles. The summed E-state index contributed by atoms with van der Waals surface area (Å²) in [6, 6.07) is 2.43. The van der Waals surface area contributed by atoms with E-state index in [1.54, 1.807) is 0 Å². The van der Waals surface area contributed by atoms with Crippen LogP contribution in [-0.4, -0.2) is 15.6 Å². The van der Waals surface area contributed by atoms with Gasteiger partial charge in [0.15, 0.2) is 0 Å². The van der Waals surface area contributed by atoms with Gasteiger partial charge >= 0.3 is 0 Å². The van der Waals surface area contributed by atoms with E-state index in [0.29, 0.717) is 18.9 Å². The van der Waals surface area contributed by atoms with Crippen molar-refractivity contribution in [2.75, 3.05) is 0 Å². The van der Waals surface area contributed by atoms with Crippen LogP contribution >= 0.6 is 0 Å². The van der Waals surface area contributed by atoms with E-state index >= 15 is 0 Å². The van der Waals surface area contributed by atoms with Gasteiger partial charge in [-0.25, -0.2) is 0 Å². The number of ketones is 1. The zero-order chi connectivity index (χ0) is 12.0. The van der Waals surface area contributed by atoms with Crippen LogP contribution < -0.4 is 0 Å². The lowest BCUT2D eigenvalue weighted by atomic mass is 10.1. The van der Waals surface area contributed by atoms with Gasteiger partial charge in [0.2, 0.25) is 0 Å². The van der Waals surface area contributed by atoms with E-state index in [0.717, 1.165) is 25.0 Å². The summed E-state index contributed by atoms with van der Waals surface area (Å²) in [6.45, 7) is 6.36. The topological polar surface area (TPSA) is 34.9 Å². The monoisotopic (exact) mass is 222 g/mol. The molecule has 0 fully saturated rings. The van der Waals surface area contributed by atoms with Crippen LogP contribution in [0.4, 0.5) is 0 Å². The first-order chi connectivity index (χ1) is 7.71. The second kappa shape index (κ2) is 6.46. The van der Waals surface area contributed by atoms with E-state index in [9.17, 15) is 4.79 Å². The van der Waals surface area contributed by atoms with Crippen molar-refractivity contribution in [3.8, 4) is 0 Å². The third kappa shape index (κ3) is 3.47. The van der Waals surface area contributed by atoms with Gasteiger partial charge in [0.1, 0.15) is 5.78 Å². The predicted molar refractivity (Wildman–Crippen MR) is 65.5 cm³/mol. The van der Waals surface area contributed by atoms with Gasteiger partial charge in [-0.2, -0.15) is 5.10 Å². The molecule has 0 amide bonds. The fraction of sp³-hybridized carbons (Fsp3) is 0.692. The Morgan fingerprint density at radius 2 is 2.06 bits per heavy atom. The molecule has 0 spiro atoms. The van der Waals surface area contributed by atoms with Gasteiger partial charge in [0, 0.05) is 12.6 Å². The van der Waals surface area contributed by atoms with Gasteiger partial charge in [0.25, 0.3) is 0 Å². The number of rotatable bonds is 7. The summed E-state index contributed by atoms with van der Waals surface area (Å²) >= 11 is 0. The summed E-state index contributed by atoms with van der Waals surface area (Å²) in [7, 11) is 0. The fourth-order valence-electron chi connectivity index (χ4n) is 1.91. The lowest BCUT2D eigenvalue weighted by molar-refractivity contribution is -0.118. The number of Topliss-reactive ketones (excluding diaryl/α,β-unsaturated/α-hetero) is 1. The Morgan fingerprint density at radius 1 is 1.38 bits per heavy atom. The molecular formula is C13H22N2O. The number of carbonyl (C=O) groups excluding carboxylic acids is 1. The number of hydrogen-bond acceptors (Lipinski definition) is 2. The minimum atomic E-state index is 0.289. The molecule has 1 rings (SSSR count). The Labute approximate surface area is 97.8 Å². The summed E-state index contributed by atoms with van der Waals surface area (Å²) in [5, 5.41) is 4.47. The molecule has 3 nitrogen and oxygen atoms in total. The van der Waals surface area contributed by atoms with Crippen LogP contribution in [0.1, 0.15) is 58.2 Å². The van der Waals surface area contributed by atoms with Gasteiger partial charge in [0.05, 0.1) is 18.2 Å². The highest BCUT2D eigenvalue weighted by molar-refractivity contribution is 5.80. The summed E-state index contributed by atoms with van der Waals surface area (Å²) in [6.07, 6.45) is 6.23. The maximum Gasteiger partial charge on any atom is 0.138 e. The van der Waals surface area contributed by atoms with Crippen molar-refractivity contribution in [1.82, 2.24) is 9.78 Å². The molecule has 0 aliphatic rings. The predicted octanol–water partition coefficient (Wildman–Crippen LogP) is 3.16. The fourth-order valence-corrected chi connectivity index (χ4v) is 1.91. The lowest BCUT2D eigenvalue weighted by Gasteiger charge is -2.12. The largest absolute Gasteiger partial charge is 0.299 e. The zero-order valence-corrected chi connectivity index (χ0v) is 10.6. The van der Waals surface area contributed by atoms with Crippen LogP contribution in [-0.2, 0) is 11.2 Å². The maximum absolute atomic E-state index is 11.5. The molecule has 3 heteroatoms. The van der Waals surface area contributed by atoms with Gasteiger partial charge < -0.3 is 0 Å². The molecule has 0 unspecified atom stereocenters. The standard InChI is InChI=1S/C13H22N2O/c1-4-7-13(16)10-11-8-9-15(14-11)12(5-2)6-3/h8-9,12H,4-7,10H2,1-3H3. The van der Waals surface area contributed by atoms with E-state index in [1.165, 1.54) is 0 Å². The normalized spacial score (nSPS) is 11.0. The third-order valence-corrected chi connectivity index (χ3v) is 2.89. The van der Waals surface area contributed by atoms with Crippen LogP contribution in [0.3, 0.4) is 0 Å².